The van der Waals surface area contributed by atoms with E-state index in [1.165, 1.54) is 11.9 Å². The fourth-order valence-electron chi connectivity index (χ4n) is 5.83. The Morgan fingerprint density at radius 3 is 2.44 bits per heavy atom. The summed E-state index contributed by atoms with van der Waals surface area (Å²) in [6, 6.07) is 1.36. The number of piperazine rings is 1. The molecule has 0 N–H and O–H groups in total. The molecule has 0 radical (unpaired) electrons. The summed E-state index contributed by atoms with van der Waals surface area (Å²) in [5.74, 6) is -2.95. The minimum absolute atomic E-state index is 0.0542. The van der Waals surface area contributed by atoms with Crippen LogP contribution in [0.25, 0.3) is 22.0 Å². The predicted octanol–water partition coefficient (Wildman–Crippen LogP) is 5.55. The second-order valence-corrected chi connectivity index (χ2v) is 12.0. The number of thioether (sulfide) groups is 1. The van der Waals surface area contributed by atoms with Gasteiger partial charge in [-0.15, -0.1) is 11.8 Å². The number of benzene rings is 2. The first-order valence-electron chi connectivity index (χ1n) is 13.7. The summed E-state index contributed by atoms with van der Waals surface area (Å²) >= 11 is 0.762. The fourth-order valence-corrected chi connectivity index (χ4v) is 7.27. The molecule has 1 fully saturated rings. The zero-order valence-electron chi connectivity index (χ0n) is 24.0. The van der Waals surface area contributed by atoms with E-state index in [0.29, 0.717) is 6.07 Å². The van der Waals surface area contributed by atoms with Gasteiger partial charge in [0.15, 0.2) is 0 Å². The molecule has 2 atom stereocenters. The van der Waals surface area contributed by atoms with Gasteiger partial charge < -0.3 is 9.80 Å². The van der Waals surface area contributed by atoms with Gasteiger partial charge in [0, 0.05) is 71.5 Å². The van der Waals surface area contributed by atoms with Gasteiger partial charge in [0.2, 0.25) is 5.91 Å². The Balaban J connectivity index is 1.80. The third-order valence-corrected chi connectivity index (χ3v) is 9.19. The summed E-state index contributed by atoms with van der Waals surface area (Å²) in [7, 11) is 1.19. The number of hydrogen-bond donors (Lipinski definition) is 0. The molecule has 0 unspecified atom stereocenters. The van der Waals surface area contributed by atoms with E-state index in [1.54, 1.807) is 11.8 Å². The zero-order chi connectivity index (χ0) is 33.0. The van der Waals surface area contributed by atoms with Crippen LogP contribution in [0.15, 0.2) is 46.6 Å². The number of alkyl halides is 6. The standard InChI is InChI=1S/C29H27F8N5O2S/c1-4-22(43)40-7-8-41(15(2)11-40)26-19-10-20(29(35,36)37)23(18-6-5-16(30)9-21(18)31)25-24(19)42(27(44)38-26)12-17(13-45-25)39(3)14-28(32,33)34/h4-6,9-10,15,17H,1,7-8,11-14H2,2-3H3/t15-,17-/m0/s1. The van der Waals surface area contributed by atoms with Crippen molar-refractivity contribution in [3.8, 4) is 11.1 Å². The van der Waals surface area contributed by atoms with Crippen molar-refractivity contribution in [2.24, 2.45) is 0 Å². The fraction of sp³-hybridized carbons (Fsp3) is 0.414. The minimum atomic E-state index is -5.07. The van der Waals surface area contributed by atoms with E-state index in [0.717, 1.165) is 45.5 Å². The molecule has 1 amide bonds. The molecule has 1 saturated heterocycles. The number of halogens is 8. The van der Waals surface area contributed by atoms with Gasteiger partial charge in [0.1, 0.15) is 17.5 Å². The van der Waals surface area contributed by atoms with Crippen molar-refractivity contribution in [1.82, 2.24) is 19.4 Å². The van der Waals surface area contributed by atoms with Crippen molar-refractivity contribution in [3.05, 3.63) is 64.6 Å². The van der Waals surface area contributed by atoms with Crippen LogP contribution in [-0.2, 0) is 17.5 Å². The van der Waals surface area contributed by atoms with Crippen molar-refractivity contribution in [1.29, 1.82) is 0 Å². The Morgan fingerprint density at radius 2 is 1.84 bits per heavy atom. The van der Waals surface area contributed by atoms with Crippen LogP contribution < -0.4 is 10.6 Å². The molecular weight excluding hydrogens is 634 g/mol. The lowest BCUT2D eigenvalue weighted by molar-refractivity contribution is -0.147. The zero-order valence-corrected chi connectivity index (χ0v) is 24.8. The van der Waals surface area contributed by atoms with E-state index >= 15 is 4.39 Å². The first-order chi connectivity index (χ1) is 21.0. The van der Waals surface area contributed by atoms with E-state index in [2.05, 4.69) is 11.6 Å². The van der Waals surface area contributed by atoms with Crippen molar-refractivity contribution in [2.45, 2.75) is 42.8 Å². The largest absolute Gasteiger partial charge is 0.417 e. The lowest BCUT2D eigenvalue weighted by Crippen LogP contribution is -2.54. The highest BCUT2D eigenvalue weighted by Gasteiger charge is 2.41. The maximum Gasteiger partial charge on any atom is 0.417 e. The summed E-state index contributed by atoms with van der Waals surface area (Å²) < 4.78 is 114. The first kappa shape index (κ1) is 32.7. The van der Waals surface area contributed by atoms with Crippen molar-refractivity contribution in [2.75, 3.05) is 43.9 Å². The number of hydrogen-bond acceptors (Lipinski definition) is 6. The SMILES string of the molecule is C=CC(=O)N1CCN(c2nc(=O)n3c4c(c(-c5ccc(F)cc5F)c(C(F)(F)F)cc24)SC[C@@H](N(C)CC(F)(F)F)C3)[C@@H](C)C1. The monoisotopic (exact) mass is 661 g/mol. The highest BCUT2D eigenvalue weighted by Crippen LogP contribution is 2.49. The number of likely N-dealkylation sites (N-methyl/N-ethyl adjacent to an activating group) is 1. The quantitative estimate of drug-likeness (QED) is 0.264. The van der Waals surface area contributed by atoms with Crippen molar-refractivity contribution < 1.29 is 39.9 Å². The van der Waals surface area contributed by atoms with Crippen LogP contribution >= 0.6 is 11.8 Å². The van der Waals surface area contributed by atoms with E-state index in [9.17, 15) is 40.3 Å². The number of rotatable bonds is 5. The van der Waals surface area contributed by atoms with E-state index < -0.39 is 65.0 Å². The summed E-state index contributed by atoms with van der Waals surface area (Å²) in [4.78, 5) is 33.8. The molecule has 5 rings (SSSR count). The number of anilines is 1. The number of carbonyl (C=O) groups is 1. The van der Waals surface area contributed by atoms with Crippen LogP contribution in [0.4, 0.5) is 40.9 Å². The smallest absolute Gasteiger partial charge is 0.350 e. The van der Waals surface area contributed by atoms with Crippen LogP contribution in [-0.4, -0.2) is 82.5 Å². The van der Waals surface area contributed by atoms with E-state index in [-0.39, 0.29) is 59.5 Å². The summed E-state index contributed by atoms with van der Waals surface area (Å²) in [6.45, 7) is 3.87. The van der Waals surface area contributed by atoms with Gasteiger partial charge in [0.05, 0.1) is 17.6 Å². The maximum atomic E-state index is 15.2. The Hall–Kier alpha value is -3.66. The molecule has 2 aromatic carbocycles. The molecule has 0 spiro atoms. The molecule has 0 bridgehead atoms. The van der Waals surface area contributed by atoms with Gasteiger partial charge in [-0.2, -0.15) is 31.3 Å². The summed E-state index contributed by atoms with van der Waals surface area (Å²) in [5.41, 5.74) is -3.50. The minimum Gasteiger partial charge on any atom is -0.350 e. The van der Waals surface area contributed by atoms with Gasteiger partial charge in [-0.25, -0.2) is 13.6 Å². The molecular formula is C29H27F8N5O2S. The Bertz CT molecular complexity index is 1720. The molecule has 45 heavy (non-hydrogen) atoms. The van der Waals surface area contributed by atoms with Crippen molar-refractivity contribution >= 4 is 34.4 Å². The second kappa shape index (κ2) is 11.9. The van der Waals surface area contributed by atoms with Crippen LogP contribution in [0, 0.1) is 11.6 Å². The number of nitrogens with zero attached hydrogens (tertiary/aromatic N) is 5. The van der Waals surface area contributed by atoms with Crippen molar-refractivity contribution in [3.63, 3.8) is 0 Å². The lowest BCUT2D eigenvalue weighted by atomic mass is 9.95. The van der Waals surface area contributed by atoms with E-state index in [1.807, 2.05) is 0 Å². The first-order valence-corrected chi connectivity index (χ1v) is 14.7. The molecule has 1 aromatic heterocycles. The van der Waals surface area contributed by atoms with Crippen LogP contribution in [0.5, 0.6) is 0 Å². The van der Waals surface area contributed by atoms with E-state index in [4.69, 9.17) is 0 Å². The lowest BCUT2D eigenvalue weighted by Gasteiger charge is -2.40. The van der Waals surface area contributed by atoms with Gasteiger partial charge in [-0.1, -0.05) is 6.58 Å². The molecule has 2 aliphatic heterocycles. The molecule has 16 heteroatoms. The third kappa shape index (κ3) is 6.39. The molecule has 0 saturated carbocycles. The van der Waals surface area contributed by atoms with Gasteiger partial charge in [-0.05, 0) is 38.2 Å². The average molecular weight is 662 g/mol. The molecule has 2 aliphatic rings. The number of carbonyl (C=O) groups excluding carboxylic acids is 1. The Kier molecular flexibility index (Phi) is 8.68. The predicted molar refractivity (Wildman–Crippen MR) is 153 cm³/mol. The molecule has 3 heterocycles. The molecule has 7 nitrogen and oxygen atoms in total. The topological polar surface area (TPSA) is 61.7 Å². The Morgan fingerprint density at radius 1 is 1.13 bits per heavy atom. The van der Waals surface area contributed by atoms with Crippen LogP contribution in [0.3, 0.4) is 0 Å². The maximum absolute atomic E-state index is 15.2. The second-order valence-electron chi connectivity index (χ2n) is 11.0. The van der Waals surface area contributed by atoms with Gasteiger partial charge >= 0.3 is 18.0 Å². The third-order valence-electron chi connectivity index (χ3n) is 7.96. The summed E-state index contributed by atoms with van der Waals surface area (Å²) in [6.07, 6.45) is -8.54. The number of amides is 1. The average Bonchev–Trinajstić information content (AvgIpc) is 3.15. The van der Waals surface area contributed by atoms with Gasteiger partial charge in [0.25, 0.3) is 0 Å². The Labute approximate surface area is 256 Å². The molecule has 3 aromatic rings. The summed E-state index contributed by atoms with van der Waals surface area (Å²) in [5, 5.41) is -0.120. The van der Waals surface area contributed by atoms with Crippen LogP contribution in [0.2, 0.25) is 0 Å². The van der Waals surface area contributed by atoms with Gasteiger partial charge in [-0.3, -0.25) is 14.3 Å². The highest BCUT2D eigenvalue weighted by atomic mass is 32.2. The molecule has 242 valence electrons. The normalized spacial score (nSPS) is 19.3. The molecule has 0 aliphatic carbocycles. The number of aromatic nitrogens is 2. The van der Waals surface area contributed by atoms with Crippen LogP contribution in [0.1, 0.15) is 12.5 Å². The highest BCUT2D eigenvalue weighted by molar-refractivity contribution is 7.99.